The molecule has 1 aliphatic rings. The normalized spacial score (nSPS) is 16.7. The molecular formula is C15H19N3S. The quantitative estimate of drug-likeness (QED) is 0.823. The topological polar surface area (TPSA) is 50.9 Å². The summed E-state index contributed by atoms with van der Waals surface area (Å²) >= 11 is 2.05. The third-order valence-electron chi connectivity index (χ3n) is 3.54. The summed E-state index contributed by atoms with van der Waals surface area (Å²) in [6.45, 7) is 2.04. The molecule has 0 saturated carbocycles. The minimum absolute atomic E-state index is 0.577. The SMILES string of the molecule is Cc1cc(NC2CCSCC2)c2cc(N)ccc2n1. The van der Waals surface area contributed by atoms with E-state index in [2.05, 4.69) is 16.4 Å². The molecule has 1 fully saturated rings. The van der Waals surface area contributed by atoms with Crippen molar-refractivity contribution in [3.05, 3.63) is 30.0 Å². The highest BCUT2D eigenvalue weighted by Crippen LogP contribution is 2.28. The van der Waals surface area contributed by atoms with Crippen LogP contribution in [0.1, 0.15) is 18.5 Å². The molecule has 2 aromatic rings. The van der Waals surface area contributed by atoms with E-state index in [4.69, 9.17) is 5.73 Å². The summed E-state index contributed by atoms with van der Waals surface area (Å²) < 4.78 is 0. The fourth-order valence-corrected chi connectivity index (χ4v) is 3.66. The molecule has 2 heterocycles. The number of aryl methyl sites for hydroxylation is 1. The standard InChI is InChI=1S/C15H19N3S/c1-10-8-15(18-12-4-6-19-7-5-12)13-9-11(16)2-3-14(13)17-10/h2-3,8-9,12H,4-7,16H2,1H3,(H,17,18). The number of benzene rings is 1. The highest BCUT2D eigenvalue weighted by molar-refractivity contribution is 7.99. The summed E-state index contributed by atoms with van der Waals surface area (Å²) in [6.07, 6.45) is 2.46. The third-order valence-corrected chi connectivity index (χ3v) is 4.59. The Balaban J connectivity index is 1.98. The number of thioether (sulfide) groups is 1. The van der Waals surface area contributed by atoms with Crippen molar-refractivity contribution in [2.45, 2.75) is 25.8 Å². The minimum atomic E-state index is 0.577. The van der Waals surface area contributed by atoms with Crippen LogP contribution in [0.25, 0.3) is 10.9 Å². The summed E-state index contributed by atoms with van der Waals surface area (Å²) in [4.78, 5) is 4.57. The van der Waals surface area contributed by atoms with Crippen molar-refractivity contribution >= 4 is 34.0 Å². The van der Waals surface area contributed by atoms with Gasteiger partial charge in [0.05, 0.1) is 5.52 Å². The molecule has 0 bridgehead atoms. The zero-order valence-corrected chi connectivity index (χ0v) is 12.0. The number of fused-ring (bicyclic) bond motifs is 1. The Morgan fingerprint density at radius 3 is 2.84 bits per heavy atom. The van der Waals surface area contributed by atoms with Gasteiger partial charge in [0, 0.05) is 28.5 Å². The maximum atomic E-state index is 5.91. The van der Waals surface area contributed by atoms with Gasteiger partial charge in [0.25, 0.3) is 0 Å². The van der Waals surface area contributed by atoms with Gasteiger partial charge >= 0.3 is 0 Å². The average Bonchev–Trinajstić information content (AvgIpc) is 2.41. The summed E-state index contributed by atoms with van der Waals surface area (Å²) in [5.41, 5.74) is 9.93. The molecule has 3 nitrogen and oxygen atoms in total. The van der Waals surface area contributed by atoms with E-state index in [0.29, 0.717) is 6.04 Å². The van der Waals surface area contributed by atoms with Crippen molar-refractivity contribution in [2.24, 2.45) is 0 Å². The van der Waals surface area contributed by atoms with Gasteiger partial charge in [0.15, 0.2) is 0 Å². The summed E-state index contributed by atoms with van der Waals surface area (Å²) in [5, 5.41) is 4.81. The van der Waals surface area contributed by atoms with Crippen LogP contribution in [-0.4, -0.2) is 22.5 Å². The van der Waals surface area contributed by atoms with Crippen LogP contribution < -0.4 is 11.1 Å². The lowest BCUT2D eigenvalue weighted by Gasteiger charge is -2.24. The first-order valence-electron chi connectivity index (χ1n) is 6.73. The van der Waals surface area contributed by atoms with Gasteiger partial charge in [-0.2, -0.15) is 11.8 Å². The van der Waals surface area contributed by atoms with Gasteiger partial charge in [-0.05, 0) is 55.5 Å². The number of hydrogen-bond donors (Lipinski definition) is 2. The van der Waals surface area contributed by atoms with Crippen LogP contribution in [0.15, 0.2) is 24.3 Å². The van der Waals surface area contributed by atoms with Crippen LogP contribution in [0.4, 0.5) is 11.4 Å². The van der Waals surface area contributed by atoms with E-state index in [9.17, 15) is 0 Å². The highest BCUT2D eigenvalue weighted by atomic mass is 32.2. The van der Waals surface area contributed by atoms with E-state index >= 15 is 0 Å². The summed E-state index contributed by atoms with van der Waals surface area (Å²) in [5.74, 6) is 2.50. The molecule has 4 heteroatoms. The molecule has 0 aliphatic carbocycles. The van der Waals surface area contributed by atoms with Gasteiger partial charge in [0.2, 0.25) is 0 Å². The van der Waals surface area contributed by atoms with Crippen LogP contribution in [0, 0.1) is 6.92 Å². The van der Waals surface area contributed by atoms with Crippen molar-refractivity contribution < 1.29 is 0 Å². The van der Waals surface area contributed by atoms with Crippen molar-refractivity contribution in [2.75, 3.05) is 22.6 Å². The van der Waals surface area contributed by atoms with Crippen LogP contribution in [0.3, 0.4) is 0 Å². The molecule has 3 rings (SSSR count). The van der Waals surface area contributed by atoms with Gasteiger partial charge in [-0.3, -0.25) is 4.98 Å². The molecule has 0 radical (unpaired) electrons. The number of pyridine rings is 1. The van der Waals surface area contributed by atoms with Crippen molar-refractivity contribution in [3.63, 3.8) is 0 Å². The second kappa shape index (κ2) is 5.29. The monoisotopic (exact) mass is 273 g/mol. The zero-order valence-electron chi connectivity index (χ0n) is 11.1. The summed E-state index contributed by atoms with van der Waals surface area (Å²) in [7, 11) is 0. The van der Waals surface area contributed by atoms with Crippen LogP contribution in [-0.2, 0) is 0 Å². The maximum absolute atomic E-state index is 5.91. The molecule has 1 saturated heterocycles. The predicted octanol–water partition coefficient (Wildman–Crippen LogP) is 3.43. The number of nitrogens with zero attached hydrogens (tertiary/aromatic N) is 1. The molecule has 3 N–H and O–H groups in total. The van der Waals surface area contributed by atoms with E-state index in [-0.39, 0.29) is 0 Å². The smallest absolute Gasteiger partial charge is 0.0727 e. The number of hydrogen-bond acceptors (Lipinski definition) is 4. The Morgan fingerprint density at radius 2 is 2.05 bits per heavy atom. The molecule has 1 aliphatic heterocycles. The van der Waals surface area contributed by atoms with E-state index < -0.39 is 0 Å². The molecular weight excluding hydrogens is 254 g/mol. The first-order chi connectivity index (χ1) is 9.22. The zero-order chi connectivity index (χ0) is 13.2. The van der Waals surface area contributed by atoms with Gasteiger partial charge in [-0.1, -0.05) is 0 Å². The summed E-state index contributed by atoms with van der Waals surface area (Å²) in [6, 6.07) is 8.63. The van der Waals surface area contributed by atoms with E-state index in [1.54, 1.807) is 0 Å². The van der Waals surface area contributed by atoms with E-state index in [1.165, 1.54) is 30.0 Å². The molecule has 19 heavy (non-hydrogen) atoms. The molecule has 0 amide bonds. The average molecular weight is 273 g/mol. The van der Waals surface area contributed by atoms with Crippen LogP contribution in [0.2, 0.25) is 0 Å². The first-order valence-corrected chi connectivity index (χ1v) is 7.89. The maximum Gasteiger partial charge on any atom is 0.0727 e. The number of nitrogen functional groups attached to an aromatic ring is 1. The molecule has 0 spiro atoms. The Hall–Kier alpha value is -1.42. The van der Waals surface area contributed by atoms with E-state index in [1.807, 2.05) is 36.9 Å². The van der Waals surface area contributed by atoms with Crippen molar-refractivity contribution in [3.8, 4) is 0 Å². The number of rotatable bonds is 2. The molecule has 1 aromatic heterocycles. The minimum Gasteiger partial charge on any atom is -0.399 e. The largest absolute Gasteiger partial charge is 0.399 e. The highest BCUT2D eigenvalue weighted by Gasteiger charge is 2.15. The molecule has 0 atom stereocenters. The van der Waals surface area contributed by atoms with Crippen molar-refractivity contribution in [1.82, 2.24) is 4.98 Å². The van der Waals surface area contributed by atoms with Gasteiger partial charge in [-0.25, -0.2) is 0 Å². The number of anilines is 2. The third kappa shape index (κ3) is 2.78. The molecule has 100 valence electrons. The number of nitrogens with one attached hydrogen (secondary N) is 1. The van der Waals surface area contributed by atoms with E-state index in [0.717, 1.165) is 22.3 Å². The van der Waals surface area contributed by atoms with Gasteiger partial charge < -0.3 is 11.1 Å². The molecule has 1 aromatic carbocycles. The second-order valence-electron chi connectivity index (χ2n) is 5.12. The Labute approximate surface area is 118 Å². The Morgan fingerprint density at radius 1 is 1.26 bits per heavy atom. The first kappa shape index (κ1) is 12.6. The van der Waals surface area contributed by atoms with Gasteiger partial charge in [-0.15, -0.1) is 0 Å². The number of aromatic nitrogens is 1. The van der Waals surface area contributed by atoms with Gasteiger partial charge in [0.1, 0.15) is 0 Å². The van der Waals surface area contributed by atoms with Crippen molar-refractivity contribution in [1.29, 1.82) is 0 Å². The molecule has 0 unspecified atom stereocenters. The lowest BCUT2D eigenvalue weighted by Crippen LogP contribution is -2.24. The Kier molecular flexibility index (Phi) is 3.51. The predicted molar refractivity (Wildman–Crippen MR) is 84.9 cm³/mol. The fraction of sp³-hybridized carbons (Fsp3) is 0.400. The van der Waals surface area contributed by atoms with Crippen LogP contribution >= 0.6 is 11.8 Å². The Bertz CT molecular complexity index is 591. The number of nitrogens with two attached hydrogens (primary N) is 1. The lowest BCUT2D eigenvalue weighted by atomic mass is 10.1. The second-order valence-corrected chi connectivity index (χ2v) is 6.34. The van der Waals surface area contributed by atoms with Crippen LogP contribution in [0.5, 0.6) is 0 Å². The lowest BCUT2D eigenvalue weighted by molar-refractivity contribution is 0.667. The fourth-order valence-electron chi connectivity index (χ4n) is 2.56.